The number of benzene rings is 2. The van der Waals surface area contributed by atoms with Gasteiger partial charge in [-0.05, 0) is 48.0 Å². The van der Waals surface area contributed by atoms with E-state index in [1.807, 2.05) is 42.6 Å². The molecule has 7 nitrogen and oxygen atoms in total. The van der Waals surface area contributed by atoms with Gasteiger partial charge in [-0.3, -0.25) is 4.79 Å². The van der Waals surface area contributed by atoms with Gasteiger partial charge in [0.15, 0.2) is 12.4 Å². The Labute approximate surface area is 192 Å². The quantitative estimate of drug-likeness (QED) is 0.366. The molecule has 4 rings (SSSR count). The Morgan fingerprint density at radius 3 is 2.68 bits per heavy atom. The molecular weight excluding hydrogens is 482 g/mol. The first kappa shape index (κ1) is 21.1. The molecule has 1 amide bonds. The molecule has 0 aliphatic rings. The summed E-state index contributed by atoms with van der Waals surface area (Å²) in [7, 11) is 1.75. The molecule has 0 atom stereocenters. The van der Waals surface area contributed by atoms with Crippen molar-refractivity contribution in [2.45, 2.75) is 13.3 Å². The first-order valence-corrected chi connectivity index (χ1v) is 10.6. The number of ether oxygens (including phenoxy) is 1. The number of hydrogen-bond acceptors (Lipinski definition) is 4. The highest BCUT2D eigenvalue weighted by Gasteiger charge is 2.15. The van der Waals surface area contributed by atoms with Crippen LogP contribution >= 0.6 is 27.5 Å². The number of nitrogens with zero attached hydrogens (tertiary/aromatic N) is 5. The van der Waals surface area contributed by atoms with Crippen LogP contribution in [0.25, 0.3) is 5.69 Å². The lowest BCUT2D eigenvalue weighted by Gasteiger charge is -2.16. The number of carbonyl (C=O) groups excluding carboxylic acids is 1. The van der Waals surface area contributed by atoms with Crippen LogP contribution in [-0.4, -0.2) is 37.4 Å². The molecular formula is C22H19BrClN5O2. The molecule has 0 fully saturated rings. The van der Waals surface area contributed by atoms with Crippen molar-refractivity contribution in [1.29, 1.82) is 0 Å². The lowest BCUT2D eigenvalue weighted by Crippen LogP contribution is -2.26. The molecule has 2 heterocycles. The van der Waals surface area contributed by atoms with Gasteiger partial charge in [-0.15, -0.1) is 0 Å². The summed E-state index contributed by atoms with van der Waals surface area (Å²) in [6, 6.07) is 16.8. The lowest BCUT2D eigenvalue weighted by molar-refractivity contribution is 0.0777. The number of amides is 1. The van der Waals surface area contributed by atoms with Gasteiger partial charge in [0, 0.05) is 36.7 Å². The summed E-state index contributed by atoms with van der Waals surface area (Å²) in [6.07, 6.45) is 5.32. The van der Waals surface area contributed by atoms with Crippen molar-refractivity contribution in [3.63, 3.8) is 0 Å². The van der Waals surface area contributed by atoms with Crippen molar-refractivity contribution in [1.82, 2.24) is 24.5 Å². The van der Waals surface area contributed by atoms with Gasteiger partial charge in [0.05, 0.1) is 10.7 Å². The summed E-state index contributed by atoms with van der Waals surface area (Å²) in [5.41, 5.74) is 2.33. The number of halogens is 2. The normalized spacial score (nSPS) is 10.8. The third kappa shape index (κ3) is 5.15. The van der Waals surface area contributed by atoms with Gasteiger partial charge in [0.2, 0.25) is 0 Å². The van der Waals surface area contributed by atoms with Crippen molar-refractivity contribution in [3.8, 4) is 11.4 Å². The van der Waals surface area contributed by atoms with Gasteiger partial charge >= 0.3 is 0 Å². The van der Waals surface area contributed by atoms with Crippen LogP contribution in [-0.2, 0) is 13.3 Å². The third-order valence-corrected chi connectivity index (χ3v) is 5.37. The fraction of sp³-hybridized carbons (Fsp3) is 0.136. The van der Waals surface area contributed by atoms with Gasteiger partial charge < -0.3 is 9.64 Å². The largest absolute Gasteiger partial charge is 0.470 e. The highest BCUT2D eigenvalue weighted by Crippen LogP contribution is 2.27. The Bertz CT molecular complexity index is 1180. The zero-order valence-corrected chi connectivity index (χ0v) is 19.0. The molecule has 0 aliphatic carbocycles. The Kier molecular flexibility index (Phi) is 6.39. The maximum absolute atomic E-state index is 12.8. The highest BCUT2D eigenvalue weighted by molar-refractivity contribution is 9.10. The van der Waals surface area contributed by atoms with Crippen LogP contribution < -0.4 is 4.74 Å². The average Bonchev–Trinajstić information content (AvgIpc) is 3.45. The van der Waals surface area contributed by atoms with Crippen LogP contribution in [0.1, 0.15) is 16.1 Å². The number of carbonyl (C=O) groups is 1. The first-order chi connectivity index (χ1) is 15.0. The Hall–Kier alpha value is -3.10. The van der Waals surface area contributed by atoms with Crippen LogP contribution in [0.5, 0.6) is 5.75 Å². The van der Waals surface area contributed by atoms with Gasteiger partial charge in [-0.25, -0.2) is 9.36 Å². The van der Waals surface area contributed by atoms with Crippen LogP contribution in [0.3, 0.4) is 0 Å². The van der Waals surface area contributed by atoms with E-state index in [9.17, 15) is 4.79 Å². The van der Waals surface area contributed by atoms with Gasteiger partial charge in [0.25, 0.3) is 5.91 Å². The topological polar surface area (TPSA) is 65.2 Å². The van der Waals surface area contributed by atoms with E-state index in [4.69, 9.17) is 16.3 Å². The van der Waals surface area contributed by atoms with Crippen molar-refractivity contribution in [2.24, 2.45) is 0 Å². The summed E-state index contributed by atoms with van der Waals surface area (Å²) >= 11 is 9.52. The summed E-state index contributed by atoms with van der Waals surface area (Å²) in [5, 5.41) is 9.03. The van der Waals surface area contributed by atoms with Gasteiger partial charge in [-0.1, -0.05) is 39.7 Å². The number of hydrogen-bond donors (Lipinski definition) is 0. The number of rotatable bonds is 7. The molecule has 2 aromatic carbocycles. The maximum atomic E-state index is 12.8. The minimum atomic E-state index is -0.170. The molecule has 0 aliphatic heterocycles. The van der Waals surface area contributed by atoms with E-state index < -0.39 is 0 Å². The predicted octanol–water partition coefficient (Wildman–Crippen LogP) is 4.79. The van der Waals surface area contributed by atoms with Gasteiger partial charge in [0.1, 0.15) is 5.75 Å². The van der Waals surface area contributed by atoms with E-state index in [0.717, 1.165) is 15.7 Å². The molecule has 158 valence electrons. The standard InChI is InChI=1S/C22H19BrClN5O2/c1-27(14-16-3-6-18(7-4-16)29-11-2-10-25-29)22(30)20-9-12-28(26-20)15-31-21-8-5-17(23)13-19(21)24/h2-13H,14-15H2,1H3. The molecule has 2 aromatic heterocycles. The van der Waals surface area contributed by atoms with E-state index >= 15 is 0 Å². The molecule has 0 saturated heterocycles. The Morgan fingerprint density at radius 1 is 1.16 bits per heavy atom. The predicted molar refractivity (Wildman–Crippen MR) is 121 cm³/mol. The molecule has 0 unspecified atom stereocenters. The van der Waals surface area contributed by atoms with Crippen LogP contribution in [0, 0.1) is 0 Å². The van der Waals surface area contributed by atoms with Crippen LogP contribution in [0.15, 0.2) is 77.7 Å². The fourth-order valence-corrected chi connectivity index (χ4v) is 3.72. The molecule has 0 saturated carbocycles. The monoisotopic (exact) mass is 499 g/mol. The fourth-order valence-electron chi connectivity index (χ4n) is 2.99. The lowest BCUT2D eigenvalue weighted by atomic mass is 10.2. The first-order valence-electron chi connectivity index (χ1n) is 9.45. The smallest absolute Gasteiger partial charge is 0.274 e. The molecule has 4 aromatic rings. The zero-order valence-electron chi connectivity index (χ0n) is 16.7. The second-order valence-electron chi connectivity index (χ2n) is 6.87. The summed E-state index contributed by atoms with van der Waals surface area (Å²) in [4.78, 5) is 14.4. The minimum absolute atomic E-state index is 0.146. The average molecular weight is 501 g/mol. The Balaban J connectivity index is 1.35. The summed E-state index contributed by atoms with van der Waals surface area (Å²) < 4.78 is 9.90. The van der Waals surface area contributed by atoms with Crippen molar-refractivity contribution < 1.29 is 9.53 Å². The van der Waals surface area contributed by atoms with E-state index in [1.54, 1.807) is 51.9 Å². The second kappa shape index (κ2) is 9.36. The third-order valence-electron chi connectivity index (χ3n) is 4.58. The van der Waals surface area contributed by atoms with E-state index in [1.165, 1.54) is 0 Å². The Morgan fingerprint density at radius 2 is 1.97 bits per heavy atom. The van der Waals surface area contributed by atoms with Crippen molar-refractivity contribution in [3.05, 3.63) is 93.9 Å². The van der Waals surface area contributed by atoms with Crippen molar-refractivity contribution in [2.75, 3.05) is 7.05 Å². The summed E-state index contributed by atoms with van der Waals surface area (Å²) in [6.45, 7) is 0.614. The molecule has 0 N–H and O–H groups in total. The highest BCUT2D eigenvalue weighted by atomic mass is 79.9. The summed E-state index contributed by atoms with van der Waals surface area (Å²) in [5.74, 6) is 0.375. The zero-order chi connectivity index (χ0) is 21.8. The molecule has 0 bridgehead atoms. The van der Waals surface area contributed by atoms with E-state index in [-0.39, 0.29) is 12.6 Å². The molecule has 31 heavy (non-hydrogen) atoms. The van der Waals surface area contributed by atoms with Gasteiger partial charge in [-0.2, -0.15) is 10.2 Å². The molecule has 9 heteroatoms. The van der Waals surface area contributed by atoms with Crippen molar-refractivity contribution >= 4 is 33.4 Å². The van der Waals surface area contributed by atoms with Crippen LogP contribution in [0.2, 0.25) is 5.02 Å². The van der Waals surface area contributed by atoms with E-state index in [0.29, 0.717) is 23.0 Å². The number of aromatic nitrogens is 4. The SMILES string of the molecule is CN(Cc1ccc(-n2cccn2)cc1)C(=O)c1ccn(COc2ccc(Br)cc2Cl)n1. The molecule has 0 radical (unpaired) electrons. The molecule has 0 spiro atoms. The van der Waals surface area contributed by atoms with Crippen LogP contribution in [0.4, 0.5) is 0 Å². The maximum Gasteiger partial charge on any atom is 0.274 e. The minimum Gasteiger partial charge on any atom is -0.470 e. The second-order valence-corrected chi connectivity index (χ2v) is 8.19. The van der Waals surface area contributed by atoms with E-state index in [2.05, 4.69) is 26.1 Å².